The van der Waals surface area contributed by atoms with E-state index >= 15 is 0 Å². The molecular formula is C24H21ClFN5O2. The van der Waals surface area contributed by atoms with Gasteiger partial charge in [-0.05, 0) is 42.3 Å². The molecule has 0 aliphatic rings. The Bertz CT molecular complexity index is 1340. The van der Waals surface area contributed by atoms with Gasteiger partial charge in [-0.25, -0.2) is 19.3 Å². The molecule has 0 aliphatic carbocycles. The number of nitrogens with zero attached hydrogens (tertiary/aromatic N) is 4. The smallest absolute Gasteiger partial charge is 0.251 e. The van der Waals surface area contributed by atoms with Crippen LogP contribution in [-0.2, 0) is 0 Å². The predicted octanol–water partition coefficient (Wildman–Crippen LogP) is 5.24. The second kappa shape index (κ2) is 9.79. The molecule has 7 nitrogen and oxygen atoms in total. The Balaban J connectivity index is 1.61. The SMILES string of the molecule is CC[C@H](c1ccc(Cl)c(F)c1)n1ccc(-c2ccnc(Nc3ccnc(OC)c3)n2)cc1=O. The number of ether oxygens (including phenoxy) is 1. The van der Waals surface area contributed by atoms with Gasteiger partial charge in [0, 0.05) is 42.0 Å². The molecule has 0 radical (unpaired) electrons. The number of methoxy groups -OCH3 is 1. The van der Waals surface area contributed by atoms with E-state index in [4.69, 9.17) is 16.3 Å². The van der Waals surface area contributed by atoms with Crippen LogP contribution < -0.4 is 15.6 Å². The van der Waals surface area contributed by atoms with Gasteiger partial charge in [0.25, 0.3) is 5.56 Å². The first-order valence-electron chi connectivity index (χ1n) is 10.3. The summed E-state index contributed by atoms with van der Waals surface area (Å²) in [7, 11) is 1.54. The number of halogens is 2. The fraction of sp³-hybridized carbons (Fsp3) is 0.167. The van der Waals surface area contributed by atoms with Gasteiger partial charge in [0.05, 0.1) is 23.9 Å². The highest BCUT2D eigenvalue weighted by Crippen LogP contribution is 2.26. The van der Waals surface area contributed by atoms with Crippen LogP contribution in [0.15, 0.2) is 71.9 Å². The topological polar surface area (TPSA) is 81.9 Å². The van der Waals surface area contributed by atoms with Crippen molar-refractivity contribution < 1.29 is 9.13 Å². The minimum Gasteiger partial charge on any atom is -0.481 e. The molecule has 1 aromatic carbocycles. The van der Waals surface area contributed by atoms with Crippen molar-refractivity contribution >= 4 is 23.2 Å². The van der Waals surface area contributed by atoms with E-state index in [-0.39, 0.29) is 16.6 Å². The molecule has 0 fully saturated rings. The lowest BCUT2D eigenvalue weighted by atomic mass is 10.0. The van der Waals surface area contributed by atoms with Crippen LogP contribution in [0.25, 0.3) is 11.3 Å². The van der Waals surface area contributed by atoms with Gasteiger partial charge in [0.1, 0.15) is 5.82 Å². The van der Waals surface area contributed by atoms with Gasteiger partial charge in [-0.3, -0.25) is 4.79 Å². The van der Waals surface area contributed by atoms with Crippen LogP contribution in [0.3, 0.4) is 0 Å². The van der Waals surface area contributed by atoms with Crippen LogP contribution in [0, 0.1) is 5.82 Å². The number of anilines is 2. The average molecular weight is 466 g/mol. The van der Waals surface area contributed by atoms with Crippen molar-refractivity contribution in [2.45, 2.75) is 19.4 Å². The van der Waals surface area contributed by atoms with Crippen LogP contribution in [0.4, 0.5) is 16.0 Å². The van der Waals surface area contributed by atoms with Gasteiger partial charge in [-0.1, -0.05) is 24.6 Å². The molecule has 0 unspecified atom stereocenters. The minimum atomic E-state index is -0.509. The van der Waals surface area contributed by atoms with Gasteiger partial charge in [-0.15, -0.1) is 0 Å². The summed E-state index contributed by atoms with van der Waals surface area (Å²) < 4.78 is 20.7. The van der Waals surface area contributed by atoms with E-state index < -0.39 is 5.82 Å². The first-order valence-corrected chi connectivity index (χ1v) is 10.6. The summed E-state index contributed by atoms with van der Waals surface area (Å²) >= 11 is 5.80. The molecule has 3 aromatic heterocycles. The van der Waals surface area contributed by atoms with Crippen LogP contribution >= 0.6 is 11.6 Å². The van der Waals surface area contributed by atoms with E-state index in [1.165, 1.54) is 25.3 Å². The highest BCUT2D eigenvalue weighted by molar-refractivity contribution is 6.30. The maximum atomic E-state index is 14.0. The van der Waals surface area contributed by atoms with E-state index in [2.05, 4.69) is 20.3 Å². The first kappa shape index (κ1) is 22.4. The van der Waals surface area contributed by atoms with Crippen LogP contribution in [0.5, 0.6) is 5.88 Å². The molecule has 0 saturated carbocycles. The average Bonchev–Trinajstić information content (AvgIpc) is 2.83. The zero-order chi connectivity index (χ0) is 23.4. The molecule has 4 rings (SSSR count). The first-order chi connectivity index (χ1) is 16.0. The zero-order valence-corrected chi connectivity index (χ0v) is 18.8. The van der Waals surface area contributed by atoms with Crippen molar-refractivity contribution in [1.29, 1.82) is 0 Å². The third-order valence-corrected chi connectivity index (χ3v) is 5.46. The molecule has 9 heteroatoms. The number of aromatic nitrogens is 4. The third kappa shape index (κ3) is 5.01. The van der Waals surface area contributed by atoms with Crippen molar-refractivity contribution in [3.8, 4) is 17.1 Å². The molecule has 4 aromatic rings. The Hall–Kier alpha value is -3.78. The van der Waals surface area contributed by atoms with Gasteiger partial charge in [0.15, 0.2) is 0 Å². The van der Waals surface area contributed by atoms with E-state index in [9.17, 15) is 9.18 Å². The quantitative estimate of drug-likeness (QED) is 0.401. The fourth-order valence-corrected chi connectivity index (χ4v) is 3.64. The summed E-state index contributed by atoms with van der Waals surface area (Å²) in [5, 5.41) is 3.15. The lowest BCUT2D eigenvalue weighted by Crippen LogP contribution is -2.24. The third-order valence-electron chi connectivity index (χ3n) is 5.15. The molecular weight excluding hydrogens is 445 g/mol. The van der Waals surface area contributed by atoms with Gasteiger partial charge in [-0.2, -0.15) is 0 Å². The largest absolute Gasteiger partial charge is 0.481 e. The molecule has 1 N–H and O–H groups in total. The normalized spacial score (nSPS) is 11.8. The number of benzene rings is 1. The molecule has 0 bridgehead atoms. The molecule has 0 aliphatic heterocycles. The summed E-state index contributed by atoms with van der Waals surface area (Å²) in [6.07, 6.45) is 5.53. The Labute approximate surface area is 194 Å². The van der Waals surface area contributed by atoms with E-state index in [0.717, 1.165) is 5.69 Å². The molecule has 0 saturated heterocycles. The highest BCUT2D eigenvalue weighted by atomic mass is 35.5. The molecule has 1 atom stereocenters. The Morgan fingerprint density at radius 1 is 1.12 bits per heavy atom. The zero-order valence-electron chi connectivity index (χ0n) is 18.0. The lowest BCUT2D eigenvalue weighted by molar-refractivity contribution is 0.398. The fourth-order valence-electron chi connectivity index (χ4n) is 3.53. The van der Waals surface area contributed by atoms with Crippen molar-refractivity contribution in [1.82, 2.24) is 19.5 Å². The van der Waals surface area contributed by atoms with Crippen molar-refractivity contribution in [2.24, 2.45) is 0 Å². The van der Waals surface area contributed by atoms with Crippen molar-refractivity contribution in [2.75, 3.05) is 12.4 Å². The highest BCUT2D eigenvalue weighted by Gasteiger charge is 2.16. The maximum absolute atomic E-state index is 14.0. The maximum Gasteiger partial charge on any atom is 0.251 e. The van der Waals surface area contributed by atoms with Crippen LogP contribution in [0.1, 0.15) is 24.9 Å². The van der Waals surface area contributed by atoms with Crippen molar-refractivity contribution in [3.63, 3.8) is 0 Å². The van der Waals surface area contributed by atoms with E-state index in [1.54, 1.807) is 53.5 Å². The van der Waals surface area contributed by atoms with Crippen LogP contribution in [-0.4, -0.2) is 26.6 Å². The second-order valence-electron chi connectivity index (χ2n) is 7.24. The van der Waals surface area contributed by atoms with E-state index in [1.807, 2.05) is 6.92 Å². The van der Waals surface area contributed by atoms with Gasteiger partial charge >= 0.3 is 0 Å². The molecule has 33 heavy (non-hydrogen) atoms. The summed E-state index contributed by atoms with van der Waals surface area (Å²) in [4.78, 5) is 25.8. The Kier molecular flexibility index (Phi) is 6.65. The van der Waals surface area contributed by atoms with Gasteiger partial charge < -0.3 is 14.6 Å². The number of hydrogen-bond donors (Lipinski definition) is 1. The summed E-state index contributed by atoms with van der Waals surface area (Å²) in [6, 6.07) is 12.8. The number of pyridine rings is 2. The summed E-state index contributed by atoms with van der Waals surface area (Å²) in [5.41, 5.74) is 2.40. The Morgan fingerprint density at radius 3 is 2.67 bits per heavy atom. The predicted molar refractivity (Wildman–Crippen MR) is 126 cm³/mol. The van der Waals surface area contributed by atoms with Crippen molar-refractivity contribution in [3.05, 3.63) is 93.9 Å². The number of rotatable bonds is 7. The standard InChI is InChI=1S/C24H21ClFN5O2/c1-3-21(16-4-5-18(25)19(26)12-16)31-11-8-15(13-23(31)32)20-7-10-28-24(30-20)29-17-6-9-27-22(14-17)33-2/h4-14,21H,3H2,1-2H3,(H,27,28,29,30)/t21-/m1/s1. The van der Waals surface area contributed by atoms with Gasteiger partial charge in [0.2, 0.25) is 11.8 Å². The molecule has 0 amide bonds. The number of nitrogens with one attached hydrogen (secondary N) is 1. The second-order valence-corrected chi connectivity index (χ2v) is 7.64. The summed E-state index contributed by atoms with van der Waals surface area (Å²) in [5.74, 6) is 0.323. The monoisotopic (exact) mass is 465 g/mol. The molecule has 168 valence electrons. The number of hydrogen-bond acceptors (Lipinski definition) is 6. The van der Waals surface area contributed by atoms with E-state index in [0.29, 0.717) is 35.1 Å². The summed E-state index contributed by atoms with van der Waals surface area (Å²) in [6.45, 7) is 1.94. The lowest BCUT2D eigenvalue weighted by Gasteiger charge is -2.19. The van der Waals surface area contributed by atoms with Crippen LogP contribution in [0.2, 0.25) is 5.02 Å². The minimum absolute atomic E-state index is 0.0506. The molecule has 3 heterocycles. The Morgan fingerprint density at radius 2 is 1.94 bits per heavy atom. The molecule has 0 spiro atoms.